The third kappa shape index (κ3) is 1.58. The molecule has 0 aliphatic heterocycles. The number of nitriles is 1. The molecule has 0 saturated heterocycles. The Morgan fingerprint density at radius 1 is 1.83 bits per heavy atom. The van der Waals surface area contributed by atoms with Crippen LogP contribution in [0.25, 0.3) is 0 Å². The molecule has 0 heterocycles. The van der Waals surface area contributed by atoms with Crippen LogP contribution in [-0.4, -0.2) is 22.8 Å². The predicted octanol–water partition coefficient (Wildman–Crippen LogP) is 1.10. The van der Waals surface area contributed by atoms with E-state index >= 15 is 0 Å². The molecule has 2 atom stereocenters. The molecule has 1 rings (SSSR count). The minimum Gasteiger partial charge on any atom is -0.385 e. The van der Waals surface area contributed by atoms with Crippen molar-refractivity contribution in [1.29, 1.82) is 5.26 Å². The van der Waals surface area contributed by atoms with Crippen LogP contribution in [0.3, 0.4) is 0 Å². The van der Waals surface area contributed by atoms with E-state index in [4.69, 9.17) is 10.00 Å². The summed E-state index contributed by atoms with van der Waals surface area (Å²) in [6.07, 6.45) is 3.84. The molecule has 12 heavy (non-hydrogen) atoms. The van der Waals surface area contributed by atoms with Gasteiger partial charge in [0, 0.05) is 7.11 Å². The number of allylic oxidation sites excluding steroid dienone is 2. The predicted molar refractivity (Wildman–Crippen MR) is 47.5 cm³/mol. The van der Waals surface area contributed by atoms with Crippen molar-refractivity contribution in [3.63, 3.8) is 0 Å². The molecule has 64 valence electrons. The zero-order chi connectivity index (χ0) is 9.19. The standard InChI is InChI=1S/C8H8BrNO2/c1-12-8(9)4-6(5-10)2-3-7(8)11/h2-4,7,11H,1H3. The summed E-state index contributed by atoms with van der Waals surface area (Å²) in [5.41, 5.74) is 0.471. The van der Waals surface area contributed by atoms with Crippen molar-refractivity contribution in [2.75, 3.05) is 7.11 Å². The van der Waals surface area contributed by atoms with Crippen LogP contribution < -0.4 is 0 Å². The van der Waals surface area contributed by atoms with Gasteiger partial charge in [-0.2, -0.15) is 5.26 Å². The molecule has 0 aromatic rings. The molecule has 4 heteroatoms. The lowest BCUT2D eigenvalue weighted by Crippen LogP contribution is -2.36. The molecule has 0 spiro atoms. The third-order valence-corrected chi connectivity index (χ3v) is 2.68. The van der Waals surface area contributed by atoms with Crippen LogP contribution in [0.4, 0.5) is 0 Å². The Morgan fingerprint density at radius 2 is 2.50 bits per heavy atom. The van der Waals surface area contributed by atoms with Gasteiger partial charge in [-0.15, -0.1) is 0 Å². The zero-order valence-electron chi connectivity index (χ0n) is 6.49. The summed E-state index contributed by atoms with van der Waals surface area (Å²) < 4.78 is 4.06. The molecule has 3 nitrogen and oxygen atoms in total. The molecule has 0 saturated carbocycles. The number of rotatable bonds is 1. The van der Waals surface area contributed by atoms with Crippen LogP contribution in [0, 0.1) is 11.3 Å². The van der Waals surface area contributed by atoms with E-state index in [2.05, 4.69) is 15.9 Å². The van der Waals surface area contributed by atoms with Gasteiger partial charge < -0.3 is 9.84 Å². The minimum absolute atomic E-state index is 0.471. The first-order chi connectivity index (χ1) is 5.62. The van der Waals surface area contributed by atoms with E-state index in [1.54, 1.807) is 6.08 Å². The van der Waals surface area contributed by atoms with Crippen molar-refractivity contribution in [2.24, 2.45) is 0 Å². The van der Waals surface area contributed by atoms with Crippen molar-refractivity contribution >= 4 is 15.9 Å². The van der Waals surface area contributed by atoms with Gasteiger partial charge in [-0.1, -0.05) is 6.08 Å². The molecule has 1 aliphatic carbocycles. The average molecular weight is 230 g/mol. The number of nitrogens with zero attached hydrogens (tertiary/aromatic N) is 1. The number of alkyl halides is 1. The number of aliphatic hydroxyl groups excluding tert-OH is 1. The van der Waals surface area contributed by atoms with Crippen LogP contribution in [0.2, 0.25) is 0 Å². The van der Waals surface area contributed by atoms with Crippen molar-refractivity contribution in [1.82, 2.24) is 0 Å². The number of halogens is 1. The van der Waals surface area contributed by atoms with Gasteiger partial charge in [0.25, 0.3) is 0 Å². The van der Waals surface area contributed by atoms with Gasteiger partial charge in [-0.25, -0.2) is 0 Å². The maximum atomic E-state index is 9.43. The van der Waals surface area contributed by atoms with E-state index in [1.807, 2.05) is 6.07 Å². The summed E-state index contributed by atoms with van der Waals surface area (Å²) in [5, 5.41) is 18.0. The Morgan fingerprint density at radius 3 is 3.00 bits per heavy atom. The lowest BCUT2D eigenvalue weighted by Gasteiger charge is -2.28. The second-order valence-electron chi connectivity index (χ2n) is 2.42. The van der Waals surface area contributed by atoms with Crippen LogP contribution in [0.5, 0.6) is 0 Å². The number of aliphatic hydroxyl groups is 1. The van der Waals surface area contributed by atoms with E-state index in [1.165, 1.54) is 19.3 Å². The quantitative estimate of drug-likeness (QED) is 0.686. The largest absolute Gasteiger partial charge is 0.385 e. The van der Waals surface area contributed by atoms with Crippen LogP contribution in [-0.2, 0) is 4.74 Å². The Balaban J connectivity index is 2.97. The molecule has 0 aromatic carbocycles. The highest BCUT2D eigenvalue weighted by Crippen LogP contribution is 2.30. The number of ether oxygens (including phenoxy) is 1. The van der Waals surface area contributed by atoms with Crippen molar-refractivity contribution in [2.45, 2.75) is 10.6 Å². The average Bonchev–Trinajstić information content (AvgIpc) is 2.10. The maximum Gasteiger partial charge on any atom is 0.171 e. The molecular weight excluding hydrogens is 222 g/mol. The monoisotopic (exact) mass is 229 g/mol. The maximum absolute atomic E-state index is 9.43. The Labute approximate surface area is 79.1 Å². The van der Waals surface area contributed by atoms with Gasteiger partial charge in [0.15, 0.2) is 4.51 Å². The van der Waals surface area contributed by atoms with Gasteiger partial charge in [0.1, 0.15) is 6.10 Å². The number of hydrogen-bond donors (Lipinski definition) is 1. The van der Waals surface area contributed by atoms with E-state index in [9.17, 15) is 5.11 Å². The zero-order valence-corrected chi connectivity index (χ0v) is 8.08. The summed E-state index contributed by atoms with van der Waals surface area (Å²) in [4.78, 5) is 0. The first-order valence-electron chi connectivity index (χ1n) is 3.35. The first kappa shape index (κ1) is 9.46. The molecular formula is C8H8BrNO2. The van der Waals surface area contributed by atoms with E-state index in [0.717, 1.165) is 0 Å². The van der Waals surface area contributed by atoms with Gasteiger partial charge in [0.2, 0.25) is 0 Å². The fourth-order valence-corrected chi connectivity index (χ4v) is 1.32. The molecule has 0 amide bonds. The summed E-state index contributed by atoms with van der Waals surface area (Å²) in [6.45, 7) is 0. The molecule has 1 aliphatic rings. The van der Waals surface area contributed by atoms with Crippen LogP contribution in [0.15, 0.2) is 23.8 Å². The third-order valence-electron chi connectivity index (χ3n) is 1.66. The lowest BCUT2D eigenvalue weighted by atomic mass is 10.0. The smallest absolute Gasteiger partial charge is 0.171 e. The van der Waals surface area contributed by atoms with Crippen LogP contribution >= 0.6 is 15.9 Å². The van der Waals surface area contributed by atoms with Gasteiger partial charge in [-0.05, 0) is 28.1 Å². The molecule has 0 bridgehead atoms. The second-order valence-corrected chi connectivity index (χ2v) is 3.66. The van der Waals surface area contributed by atoms with Gasteiger partial charge in [0.05, 0.1) is 11.6 Å². The topological polar surface area (TPSA) is 53.2 Å². The highest BCUT2D eigenvalue weighted by atomic mass is 79.9. The number of hydrogen-bond acceptors (Lipinski definition) is 3. The Bertz CT molecular complexity index is 279. The van der Waals surface area contributed by atoms with E-state index in [-0.39, 0.29) is 0 Å². The summed E-state index contributed by atoms with van der Waals surface area (Å²) in [5.74, 6) is 0. The molecule has 1 N–H and O–H groups in total. The summed E-state index contributed by atoms with van der Waals surface area (Å²) >= 11 is 3.19. The van der Waals surface area contributed by atoms with Gasteiger partial charge in [-0.3, -0.25) is 0 Å². The van der Waals surface area contributed by atoms with Gasteiger partial charge >= 0.3 is 0 Å². The molecule has 2 unspecified atom stereocenters. The van der Waals surface area contributed by atoms with Crippen LogP contribution in [0.1, 0.15) is 0 Å². The Hall–Kier alpha value is -0.630. The normalized spacial score (nSPS) is 34.2. The fraction of sp³-hybridized carbons (Fsp3) is 0.375. The van der Waals surface area contributed by atoms with E-state index in [0.29, 0.717) is 5.57 Å². The summed E-state index contributed by atoms with van der Waals surface area (Å²) in [6, 6.07) is 1.97. The molecule has 0 radical (unpaired) electrons. The Kier molecular flexibility index (Phi) is 2.68. The highest BCUT2D eigenvalue weighted by molar-refractivity contribution is 9.10. The SMILES string of the molecule is COC1(Br)C=C(C#N)C=CC1O. The van der Waals surface area contributed by atoms with Crippen molar-refractivity contribution in [3.05, 3.63) is 23.8 Å². The first-order valence-corrected chi connectivity index (χ1v) is 4.15. The fourth-order valence-electron chi connectivity index (χ4n) is 0.921. The van der Waals surface area contributed by atoms with Crippen molar-refractivity contribution < 1.29 is 9.84 Å². The number of methoxy groups -OCH3 is 1. The van der Waals surface area contributed by atoms with E-state index < -0.39 is 10.6 Å². The lowest BCUT2D eigenvalue weighted by molar-refractivity contribution is 0.0213. The molecule has 0 aromatic heterocycles. The summed E-state index contributed by atoms with van der Waals surface area (Å²) in [7, 11) is 1.46. The minimum atomic E-state index is -0.952. The molecule has 0 fully saturated rings. The second kappa shape index (κ2) is 3.40. The highest BCUT2D eigenvalue weighted by Gasteiger charge is 2.33. The van der Waals surface area contributed by atoms with Crippen molar-refractivity contribution in [3.8, 4) is 6.07 Å².